The molecule has 0 unspecified atom stereocenters. The fraction of sp³-hybridized carbons (Fsp3) is 0.200. The number of hydrogen-bond donors (Lipinski definition) is 0. The van der Waals surface area contributed by atoms with E-state index in [1.165, 1.54) is 0 Å². The van der Waals surface area contributed by atoms with Crippen molar-refractivity contribution < 1.29 is 17.9 Å². The van der Waals surface area contributed by atoms with Gasteiger partial charge >= 0.3 is 6.18 Å². The fourth-order valence-corrected chi connectivity index (χ4v) is 1.72. The van der Waals surface area contributed by atoms with Crippen LogP contribution >= 0.6 is 0 Å². The van der Waals surface area contributed by atoms with E-state index in [0.717, 1.165) is 11.1 Å². The van der Waals surface area contributed by atoms with Crippen LogP contribution < -0.4 is 4.74 Å². The molecule has 2 rings (SSSR count). The largest absolute Gasteiger partial charge is 0.483 e. The first-order valence-corrected chi connectivity index (χ1v) is 5.81. The van der Waals surface area contributed by atoms with Crippen molar-refractivity contribution in [3.8, 4) is 16.9 Å². The molecule has 0 heterocycles. The standard InChI is InChI=1S/C15H13F3O/c1-11-6-8-12(9-7-11)13-4-2-3-5-14(13)19-10-15(16,17)18/h2-9H,10H2,1H3. The van der Waals surface area contributed by atoms with E-state index in [-0.39, 0.29) is 5.75 Å². The van der Waals surface area contributed by atoms with E-state index in [2.05, 4.69) is 0 Å². The van der Waals surface area contributed by atoms with Gasteiger partial charge < -0.3 is 4.74 Å². The number of aryl methyl sites for hydroxylation is 1. The number of hydrogen-bond acceptors (Lipinski definition) is 1. The molecule has 0 amide bonds. The molecular weight excluding hydrogens is 253 g/mol. The molecule has 0 aliphatic carbocycles. The molecule has 0 bridgehead atoms. The van der Waals surface area contributed by atoms with E-state index in [9.17, 15) is 13.2 Å². The van der Waals surface area contributed by atoms with Crippen molar-refractivity contribution in [1.82, 2.24) is 0 Å². The van der Waals surface area contributed by atoms with Crippen molar-refractivity contribution in [2.45, 2.75) is 13.1 Å². The molecule has 0 saturated carbocycles. The lowest BCUT2D eigenvalue weighted by Gasteiger charge is -2.13. The normalized spacial score (nSPS) is 11.4. The zero-order valence-corrected chi connectivity index (χ0v) is 10.4. The lowest BCUT2D eigenvalue weighted by molar-refractivity contribution is -0.153. The third kappa shape index (κ3) is 3.74. The molecular formula is C15H13F3O. The summed E-state index contributed by atoms with van der Waals surface area (Å²) in [6, 6.07) is 14.3. The van der Waals surface area contributed by atoms with Crippen molar-refractivity contribution in [3.63, 3.8) is 0 Å². The van der Waals surface area contributed by atoms with Crippen LogP contribution in [-0.2, 0) is 0 Å². The van der Waals surface area contributed by atoms with Crippen molar-refractivity contribution in [2.75, 3.05) is 6.61 Å². The summed E-state index contributed by atoms with van der Waals surface area (Å²) in [5.74, 6) is 0.240. The lowest BCUT2D eigenvalue weighted by atomic mass is 10.0. The second kappa shape index (κ2) is 5.34. The van der Waals surface area contributed by atoms with Gasteiger partial charge in [0.15, 0.2) is 6.61 Å². The molecule has 2 aromatic carbocycles. The molecule has 0 atom stereocenters. The summed E-state index contributed by atoms with van der Waals surface area (Å²) in [5, 5.41) is 0. The van der Waals surface area contributed by atoms with Crippen LogP contribution in [0.3, 0.4) is 0 Å². The minimum atomic E-state index is -4.33. The van der Waals surface area contributed by atoms with Crippen LogP contribution in [0, 0.1) is 6.92 Å². The molecule has 1 nitrogen and oxygen atoms in total. The summed E-state index contributed by atoms with van der Waals surface area (Å²) in [7, 11) is 0. The number of para-hydroxylation sites is 1. The maximum absolute atomic E-state index is 12.2. The van der Waals surface area contributed by atoms with Gasteiger partial charge in [-0.2, -0.15) is 13.2 Å². The van der Waals surface area contributed by atoms with Crippen LogP contribution in [0.5, 0.6) is 5.75 Å². The summed E-state index contributed by atoms with van der Waals surface area (Å²) in [6.45, 7) is 0.672. The Morgan fingerprint density at radius 2 is 1.58 bits per heavy atom. The SMILES string of the molecule is Cc1ccc(-c2ccccc2OCC(F)(F)F)cc1. The van der Waals surface area contributed by atoms with E-state index < -0.39 is 12.8 Å². The van der Waals surface area contributed by atoms with Crippen molar-refractivity contribution in [1.29, 1.82) is 0 Å². The Morgan fingerprint density at radius 1 is 0.947 bits per heavy atom. The Morgan fingerprint density at radius 3 is 2.21 bits per heavy atom. The van der Waals surface area contributed by atoms with E-state index in [1.54, 1.807) is 24.3 Å². The Labute approximate surface area is 109 Å². The van der Waals surface area contributed by atoms with Crippen LogP contribution in [0.15, 0.2) is 48.5 Å². The topological polar surface area (TPSA) is 9.23 Å². The predicted molar refractivity (Wildman–Crippen MR) is 68.2 cm³/mol. The molecule has 0 spiro atoms. The average Bonchev–Trinajstić information content (AvgIpc) is 2.37. The van der Waals surface area contributed by atoms with Crippen molar-refractivity contribution >= 4 is 0 Å². The molecule has 0 aliphatic heterocycles. The summed E-state index contributed by atoms with van der Waals surface area (Å²) in [4.78, 5) is 0. The number of alkyl halides is 3. The van der Waals surface area contributed by atoms with Crippen molar-refractivity contribution in [3.05, 3.63) is 54.1 Å². The Bertz CT molecular complexity index is 544. The van der Waals surface area contributed by atoms with Gasteiger partial charge in [0.05, 0.1) is 0 Å². The minimum Gasteiger partial charge on any atom is -0.483 e. The van der Waals surface area contributed by atoms with Crippen LogP contribution in [0.25, 0.3) is 11.1 Å². The van der Waals surface area contributed by atoms with E-state index in [0.29, 0.717) is 5.56 Å². The Kier molecular flexibility index (Phi) is 3.79. The molecule has 0 N–H and O–H groups in total. The first-order valence-electron chi connectivity index (χ1n) is 5.81. The first-order chi connectivity index (χ1) is 8.96. The first kappa shape index (κ1) is 13.5. The molecule has 0 fully saturated rings. The van der Waals surface area contributed by atoms with E-state index in [4.69, 9.17) is 4.74 Å². The van der Waals surface area contributed by atoms with Crippen LogP contribution in [-0.4, -0.2) is 12.8 Å². The quantitative estimate of drug-likeness (QED) is 0.788. The average molecular weight is 266 g/mol. The van der Waals surface area contributed by atoms with Crippen LogP contribution in [0.1, 0.15) is 5.56 Å². The molecule has 4 heteroatoms. The highest BCUT2D eigenvalue weighted by Gasteiger charge is 2.28. The predicted octanol–water partition coefficient (Wildman–Crippen LogP) is 4.60. The smallest absolute Gasteiger partial charge is 0.422 e. The molecule has 2 aromatic rings. The summed E-state index contributed by atoms with van der Waals surface area (Å²) in [5.41, 5.74) is 2.59. The molecule has 0 aliphatic rings. The van der Waals surface area contributed by atoms with Gasteiger partial charge in [0.25, 0.3) is 0 Å². The van der Waals surface area contributed by atoms with E-state index >= 15 is 0 Å². The second-order valence-electron chi connectivity index (χ2n) is 4.27. The zero-order chi connectivity index (χ0) is 13.9. The van der Waals surface area contributed by atoms with Crippen LogP contribution in [0.2, 0.25) is 0 Å². The van der Waals surface area contributed by atoms with Gasteiger partial charge in [-0.05, 0) is 18.6 Å². The van der Waals surface area contributed by atoms with Gasteiger partial charge in [0.1, 0.15) is 5.75 Å². The molecule has 100 valence electrons. The van der Waals surface area contributed by atoms with Gasteiger partial charge in [0, 0.05) is 5.56 Å². The summed E-state index contributed by atoms with van der Waals surface area (Å²) in [6.07, 6.45) is -4.33. The Hall–Kier alpha value is -1.97. The van der Waals surface area contributed by atoms with E-state index in [1.807, 2.05) is 31.2 Å². The maximum atomic E-state index is 12.2. The monoisotopic (exact) mass is 266 g/mol. The fourth-order valence-electron chi connectivity index (χ4n) is 1.72. The molecule has 19 heavy (non-hydrogen) atoms. The number of ether oxygens (including phenoxy) is 1. The van der Waals surface area contributed by atoms with Crippen LogP contribution in [0.4, 0.5) is 13.2 Å². The lowest BCUT2D eigenvalue weighted by Crippen LogP contribution is -2.19. The summed E-state index contributed by atoms with van der Waals surface area (Å²) < 4.78 is 41.5. The minimum absolute atomic E-state index is 0.240. The highest BCUT2D eigenvalue weighted by molar-refractivity contribution is 5.70. The maximum Gasteiger partial charge on any atom is 0.422 e. The molecule has 0 radical (unpaired) electrons. The highest BCUT2D eigenvalue weighted by Crippen LogP contribution is 2.31. The zero-order valence-electron chi connectivity index (χ0n) is 10.4. The number of rotatable bonds is 3. The number of benzene rings is 2. The second-order valence-corrected chi connectivity index (χ2v) is 4.27. The molecule has 0 aromatic heterocycles. The number of halogens is 3. The van der Waals surface area contributed by atoms with Gasteiger partial charge in [0.2, 0.25) is 0 Å². The van der Waals surface area contributed by atoms with Gasteiger partial charge in [-0.3, -0.25) is 0 Å². The Balaban J connectivity index is 2.28. The highest BCUT2D eigenvalue weighted by atomic mass is 19.4. The van der Waals surface area contributed by atoms with Crippen molar-refractivity contribution in [2.24, 2.45) is 0 Å². The summed E-state index contributed by atoms with van der Waals surface area (Å²) >= 11 is 0. The van der Waals surface area contributed by atoms with Gasteiger partial charge in [-0.15, -0.1) is 0 Å². The van der Waals surface area contributed by atoms with Gasteiger partial charge in [-0.1, -0.05) is 48.0 Å². The third-order valence-corrected chi connectivity index (χ3v) is 2.64. The third-order valence-electron chi connectivity index (χ3n) is 2.64. The molecule has 0 saturated heterocycles. The van der Waals surface area contributed by atoms with Gasteiger partial charge in [-0.25, -0.2) is 0 Å².